The molecule has 0 bridgehead atoms. The Balaban J connectivity index is 2.62. The number of carbonyl (C=O) groups is 1. The molecular formula is C13H20N2O2. The fourth-order valence-electron chi connectivity index (χ4n) is 1.17. The number of aromatic amines is 1. The lowest BCUT2D eigenvalue weighted by molar-refractivity contribution is 0.0924. The summed E-state index contributed by atoms with van der Waals surface area (Å²) in [6, 6.07) is 2.87. The van der Waals surface area contributed by atoms with Gasteiger partial charge in [-0.25, -0.2) is 0 Å². The summed E-state index contributed by atoms with van der Waals surface area (Å²) in [5.41, 5.74) is 0.325. The number of amides is 1. The summed E-state index contributed by atoms with van der Waals surface area (Å²) >= 11 is 0. The molecule has 0 atom stereocenters. The van der Waals surface area contributed by atoms with Crippen molar-refractivity contribution in [2.24, 2.45) is 11.3 Å². The molecule has 0 aliphatic carbocycles. The number of carbonyl (C=O) groups excluding carboxylic acids is 1. The predicted octanol–water partition coefficient (Wildman–Crippen LogP) is 1.79. The van der Waals surface area contributed by atoms with Gasteiger partial charge in [-0.2, -0.15) is 0 Å². The predicted molar refractivity (Wildman–Crippen MR) is 68.0 cm³/mol. The summed E-state index contributed by atoms with van der Waals surface area (Å²) in [5, 5.41) is 2.88. The monoisotopic (exact) mass is 236 g/mol. The lowest BCUT2D eigenvalue weighted by Crippen LogP contribution is -2.37. The van der Waals surface area contributed by atoms with E-state index in [0.717, 1.165) is 0 Å². The molecule has 17 heavy (non-hydrogen) atoms. The number of aromatic nitrogens is 1. The van der Waals surface area contributed by atoms with Gasteiger partial charge in [0.15, 0.2) is 0 Å². The van der Waals surface area contributed by atoms with Crippen molar-refractivity contribution in [1.29, 1.82) is 0 Å². The smallest absolute Gasteiger partial charge is 0.252 e. The number of pyridine rings is 1. The summed E-state index contributed by atoms with van der Waals surface area (Å²) in [5.74, 6) is 0.327. The molecule has 0 spiro atoms. The van der Waals surface area contributed by atoms with Crippen molar-refractivity contribution in [2.45, 2.75) is 27.7 Å². The Bertz CT molecular complexity index is 426. The Morgan fingerprint density at radius 1 is 1.41 bits per heavy atom. The highest BCUT2D eigenvalue weighted by molar-refractivity contribution is 5.93. The van der Waals surface area contributed by atoms with Crippen LogP contribution in [0.5, 0.6) is 0 Å². The number of hydrogen-bond donors (Lipinski definition) is 2. The lowest BCUT2D eigenvalue weighted by atomic mass is 9.81. The highest BCUT2D eigenvalue weighted by Crippen LogP contribution is 2.24. The molecule has 4 nitrogen and oxygen atoms in total. The standard InChI is InChI=1S/C13H20N2O2/c1-9(2)13(3,4)8-15-12(17)10-5-6-11(16)14-7-10/h5-7,9H,8H2,1-4H3,(H,14,16)(H,15,17). The quantitative estimate of drug-likeness (QED) is 0.837. The molecule has 1 heterocycles. The van der Waals surface area contributed by atoms with Crippen LogP contribution in [0.3, 0.4) is 0 Å². The van der Waals surface area contributed by atoms with Gasteiger partial charge in [0.2, 0.25) is 5.56 Å². The second kappa shape index (κ2) is 5.17. The van der Waals surface area contributed by atoms with E-state index in [9.17, 15) is 9.59 Å². The van der Waals surface area contributed by atoms with Crippen LogP contribution in [0.1, 0.15) is 38.1 Å². The molecule has 1 aromatic heterocycles. The summed E-state index contributed by atoms with van der Waals surface area (Å²) in [4.78, 5) is 25.1. The summed E-state index contributed by atoms with van der Waals surface area (Å²) < 4.78 is 0. The van der Waals surface area contributed by atoms with Crippen LogP contribution in [0.4, 0.5) is 0 Å². The van der Waals surface area contributed by atoms with Gasteiger partial charge in [-0.1, -0.05) is 27.7 Å². The molecule has 0 radical (unpaired) electrons. The van der Waals surface area contributed by atoms with Crippen LogP contribution in [0, 0.1) is 11.3 Å². The van der Waals surface area contributed by atoms with Crippen molar-refractivity contribution in [3.05, 3.63) is 34.2 Å². The van der Waals surface area contributed by atoms with Crippen LogP contribution < -0.4 is 10.9 Å². The first kappa shape index (κ1) is 13.5. The Hall–Kier alpha value is -1.58. The molecule has 1 aromatic rings. The molecule has 1 amide bonds. The van der Waals surface area contributed by atoms with Gasteiger partial charge < -0.3 is 10.3 Å². The normalized spacial score (nSPS) is 11.6. The molecule has 0 unspecified atom stereocenters. The number of hydrogen-bond acceptors (Lipinski definition) is 2. The number of rotatable bonds is 4. The molecule has 0 saturated heterocycles. The Labute approximate surface area is 101 Å². The second-order valence-electron chi connectivity index (χ2n) is 5.27. The van der Waals surface area contributed by atoms with E-state index >= 15 is 0 Å². The van der Waals surface area contributed by atoms with Gasteiger partial charge in [-0.15, -0.1) is 0 Å². The first-order chi connectivity index (χ1) is 7.83. The van der Waals surface area contributed by atoms with Crippen molar-refractivity contribution in [3.8, 4) is 0 Å². The van der Waals surface area contributed by atoms with Gasteiger partial charge in [0.25, 0.3) is 5.91 Å². The zero-order valence-corrected chi connectivity index (χ0v) is 10.8. The largest absolute Gasteiger partial charge is 0.351 e. The molecule has 0 aliphatic rings. The minimum atomic E-state index is -0.205. The van der Waals surface area contributed by atoms with Crippen molar-refractivity contribution in [1.82, 2.24) is 10.3 Å². The van der Waals surface area contributed by atoms with Gasteiger partial charge in [0.05, 0.1) is 5.56 Å². The van der Waals surface area contributed by atoms with E-state index in [1.807, 2.05) is 0 Å². The van der Waals surface area contributed by atoms with Crippen LogP contribution in [-0.2, 0) is 0 Å². The maximum atomic E-state index is 11.8. The lowest BCUT2D eigenvalue weighted by Gasteiger charge is -2.29. The van der Waals surface area contributed by atoms with Crippen LogP contribution in [0.2, 0.25) is 0 Å². The zero-order valence-electron chi connectivity index (χ0n) is 10.8. The van der Waals surface area contributed by atoms with E-state index in [2.05, 4.69) is 38.0 Å². The minimum absolute atomic E-state index is 0.0534. The van der Waals surface area contributed by atoms with E-state index in [-0.39, 0.29) is 16.9 Å². The number of H-pyrrole nitrogens is 1. The Morgan fingerprint density at radius 2 is 2.06 bits per heavy atom. The Kier molecular flexibility index (Phi) is 4.10. The average Bonchev–Trinajstić information content (AvgIpc) is 2.27. The number of nitrogens with one attached hydrogen (secondary N) is 2. The first-order valence-corrected chi connectivity index (χ1v) is 5.80. The van der Waals surface area contributed by atoms with Gasteiger partial charge in [0, 0.05) is 18.8 Å². The summed E-state index contributed by atoms with van der Waals surface area (Å²) in [7, 11) is 0. The maximum absolute atomic E-state index is 11.8. The molecule has 4 heteroatoms. The van der Waals surface area contributed by atoms with Crippen molar-refractivity contribution in [3.63, 3.8) is 0 Å². The second-order valence-corrected chi connectivity index (χ2v) is 5.27. The third-order valence-corrected chi connectivity index (χ3v) is 3.31. The van der Waals surface area contributed by atoms with Crippen molar-refractivity contribution in [2.75, 3.05) is 6.54 Å². The molecule has 0 aliphatic heterocycles. The van der Waals surface area contributed by atoms with Gasteiger partial charge >= 0.3 is 0 Å². The maximum Gasteiger partial charge on any atom is 0.252 e. The van der Waals surface area contributed by atoms with Gasteiger partial charge in [-0.3, -0.25) is 9.59 Å². The van der Waals surface area contributed by atoms with Crippen molar-refractivity contribution < 1.29 is 4.79 Å². The molecule has 94 valence electrons. The van der Waals surface area contributed by atoms with Crippen LogP contribution in [0.25, 0.3) is 0 Å². The summed E-state index contributed by atoms with van der Waals surface area (Å²) in [6.07, 6.45) is 1.43. The van der Waals surface area contributed by atoms with Crippen molar-refractivity contribution >= 4 is 5.91 Å². The van der Waals surface area contributed by atoms with Crippen LogP contribution >= 0.6 is 0 Å². The molecule has 2 N–H and O–H groups in total. The fraction of sp³-hybridized carbons (Fsp3) is 0.538. The minimum Gasteiger partial charge on any atom is -0.351 e. The van der Waals surface area contributed by atoms with E-state index in [0.29, 0.717) is 18.0 Å². The van der Waals surface area contributed by atoms with E-state index in [4.69, 9.17) is 0 Å². The van der Waals surface area contributed by atoms with E-state index in [1.165, 1.54) is 18.3 Å². The molecular weight excluding hydrogens is 216 g/mol. The highest BCUT2D eigenvalue weighted by Gasteiger charge is 2.23. The zero-order chi connectivity index (χ0) is 13.1. The summed E-state index contributed by atoms with van der Waals surface area (Å²) in [6.45, 7) is 9.11. The average molecular weight is 236 g/mol. The third-order valence-electron chi connectivity index (χ3n) is 3.31. The van der Waals surface area contributed by atoms with E-state index < -0.39 is 0 Å². The highest BCUT2D eigenvalue weighted by atomic mass is 16.1. The van der Waals surface area contributed by atoms with Gasteiger partial charge in [-0.05, 0) is 17.4 Å². The molecule has 0 saturated carbocycles. The SMILES string of the molecule is CC(C)C(C)(C)CNC(=O)c1ccc(=O)[nH]c1. The Morgan fingerprint density at radius 3 is 2.53 bits per heavy atom. The fourth-order valence-corrected chi connectivity index (χ4v) is 1.17. The van der Waals surface area contributed by atoms with Crippen LogP contribution in [0.15, 0.2) is 23.1 Å². The first-order valence-electron chi connectivity index (χ1n) is 5.80. The topological polar surface area (TPSA) is 62.0 Å². The third kappa shape index (κ3) is 3.73. The van der Waals surface area contributed by atoms with Crippen LogP contribution in [-0.4, -0.2) is 17.4 Å². The van der Waals surface area contributed by atoms with E-state index in [1.54, 1.807) is 0 Å². The molecule has 0 fully saturated rings. The van der Waals surface area contributed by atoms with Gasteiger partial charge in [0.1, 0.15) is 0 Å². The molecule has 0 aromatic carbocycles. The molecule has 1 rings (SSSR count).